The van der Waals surface area contributed by atoms with E-state index in [1.165, 1.54) is 6.20 Å². The van der Waals surface area contributed by atoms with E-state index in [1.807, 2.05) is 44.2 Å². The molecule has 35 heavy (non-hydrogen) atoms. The molecule has 2 fully saturated rings. The van der Waals surface area contributed by atoms with Crippen LogP contribution < -0.4 is 5.32 Å². The Morgan fingerprint density at radius 3 is 2.60 bits per heavy atom. The number of fused-ring (bicyclic) bond motifs is 1. The number of nitrogens with one attached hydrogen (secondary N) is 2. The Balaban J connectivity index is 1.42. The Morgan fingerprint density at radius 2 is 1.97 bits per heavy atom. The Bertz CT molecular complexity index is 1200. The largest absolute Gasteiger partial charge is 0.342 e. The van der Waals surface area contributed by atoms with Crippen LogP contribution in [0.4, 0.5) is 4.39 Å². The number of hydrogen-bond donors (Lipinski definition) is 2. The van der Waals surface area contributed by atoms with Crippen LogP contribution in [0, 0.1) is 17.8 Å². The first-order chi connectivity index (χ1) is 16.9. The van der Waals surface area contributed by atoms with Gasteiger partial charge in [0.15, 0.2) is 0 Å². The minimum absolute atomic E-state index is 0.000331. The number of H-pyrrole nitrogens is 1. The molecular weight excluding hydrogens is 447 g/mol. The van der Waals surface area contributed by atoms with Crippen molar-refractivity contribution >= 4 is 11.8 Å². The number of benzene rings is 1. The number of pyridine rings is 1. The highest BCUT2D eigenvalue weighted by Gasteiger charge is 2.52. The molecule has 1 aliphatic carbocycles. The maximum Gasteiger partial charge on any atom is 0.243 e. The summed E-state index contributed by atoms with van der Waals surface area (Å²) in [5.41, 5.74) is 2.30. The van der Waals surface area contributed by atoms with Gasteiger partial charge in [-0.1, -0.05) is 50.2 Å². The van der Waals surface area contributed by atoms with Gasteiger partial charge in [0.2, 0.25) is 17.8 Å². The summed E-state index contributed by atoms with van der Waals surface area (Å²) in [7, 11) is 0. The van der Waals surface area contributed by atoms with Crippen molar-refractivity contribution in [2.45, 2.75) is 51.1 Å². The smallest absolute Gasteiger partial charge is 0.243 e. The minimum atomic E-state index is -0.633. The van der Waals surface area contributed by atoms with Gasteiger partial charge in [0.1, 0.15) is 6.04 Å². The second-order valence-electron chi connectivity index (χ2n) is 9.75. The number of carbonyl (C=O) groups excluding carboxylic acids is 2. The first-order valence-corrected chi connectivity index (χ1v) is 12.1. The van der Waals surface area contributed by atoms with Gasteiger partial charge < -0.3 is 10.2 Å². The van der Waals surface area contributed by atoms with Gasteiger partial charge in [-0.25, -0.2) is 4.98 Å². The van der Waals surface area contributed by atoms with Crippen LogP contribution in [0.15, 0.2) is 48.7 Å². The highest BCUT2D eigenvalue weighted by Crippen LogP contribution is 2.45. The lowest BCUT2D eigenvalue weighted by atomic mass is 9.73. The summed E-state index contributed by atoms with van der Waals surface area (Å²) in [6.07, 6.45) is 3.52. The standard InChI is InChI=1S/C26H29FN6O2/c1-15(2)19-10-11-21(29-25(19)27)23(16-6-4-3-5-7-16)30-26(35)24-20-9-8-17(20)14-33(24)22(34)12-18-13-28-32-31-18/h3-7,10-11,13,15,17,20,23-24H,8-9,12,14H2,1-2H3,(H,30,35)(H,28,31,32)/t17-,20-,23-,24-/m0/s1. The Hall–Kier alpha value is -3.62. The van der Waals surface area contributed by atoms with Crippen molar-refractivity contribution in [3.8, 4) is 0 Å². The molecule has 0 bridgehead atoms. The van der Waals surface area contributed by atoms with Crippen molar-refractivity contribution in [1.29, 1.82) is 0 Å². The minimum Gasteiger partial charge on any atom is -0.342 e. The predicted molar refractivity (Wildman–Crippen MR) is 127 cm³/mol. The topological polar surface area (TPSA) is 104 Å². The van der Waals surface area contributed by atoms with Crippen LogP contribution in [0.3, 0.4) is 0 Å². The molecule has 5 rings (SSSR count). The van der Waals surface area contributed by atoms with Crippen molar-refractivity contribution in [2.75, 3.05) is 6.54 Å². The molecular formula is C26H29FN6O2. The number of nitrogens with zero attached hydrogens (tertiary/aromatic N) is 4. The van der Waals surface area contributed by atoms with Crippen molar-refractivity contribution < 1.29 is 14.0 Å². The maximum atomic E-state index is 14.8. The van der Waals surface area contributed by atoms with E-state index < -0.39 is 18.0 Å². The van der Waals surface area contributed by atoms with E-state index in [1.54, 1.807) is 17.0 Å². The van der Waals surface area contributed by atoms with E-state index in [0.717, 1.165) is 18.4 Å². The van der Waals surface area contributed by atoms with Crippen LogP contribution in [0.2, 0.25) is 0 Å². The summed E-state index contributed by atoms with van der Waals surface area (Å²) in [4.78, 5) is 32.7. The summed E-state index contributed by atoms with van der Waals surface area (Å²) < 4.78 is 14.8. The third-order valence-corrected chi connectivity index (χ3v) is 7.27. The van der Waals surface area contributed by atoms with Crippen LogP contribution >= 0.6 is 0 Å². The second-order valence-corrected chi connectivity index (χ2v) is 9.75. The van der Waals surface area contributed by atoms with Gasteiger partial charge in [-0.2, -0.15) is 19.8 Å². The molecule has 1 aromatic carbocycles. The molecule has 182 valence electrons. The number of aromatic nitrogens is 4. The molecule has 8 nitrogen and oxygen atoms in total. The third kappa shape index (κ3) is 4.54. The van der Waals surface area contributed by atoms with Crippen molar-refractivity contribution in [3.63, 3.8) is 0 Å². The SMILES string of the molecule is CC(C)c1ccc([C@@H](NC(=O)[C@@H]2[C@H]3CC[C@H]3CN2C(=O)Cc2cn[nH]n2)c2ccccc2)nc1F. The fraction of sp³-hybridized carbons (Fsp3) is 0.423. The number of carbonyl (C=O) groups is 2. The maximum absolute atomic E-state index is 14.8. The number of hydrogen-bond acceptors (Lipinski definition) is 5. The van der Waals surface area contributed by atoms with Crippen LogP contribution in [-0.4, -0.2) is 49.7 Å². The second kappa shape index (κ2) is 9.56. The van der Waals surface area contributed by atoms with Gasteiger partial charge in [0.05, 0.1) is 30.0 Å². The fourth-order valence-corrected chi connectivity index (χ4v) is 5.25. The van der Waals surface area contributed by atoms with Crippen molar-refractivity contribution in [1.82, 2.24) is 30.6 Å². The van der Waals surface area contributed by atoms with E-state index >= 15 is 0 Å². The first kappa shape index (κ1) is 23.1. The van der Waals surface area contributed by atoms with Gasteiger partial charge in [-0.15, -0.1) is 0 Å². The van der Waals surface area contributed by atoms with Gasteiger partial charge in [-0.3, -0.25) is 9.59 Å². The van der Waals surface area contributed by atoms with Crippen molar-refractivity contribution in [3.05, 3.63) is 77.1 Å². The normalized spacial score (nSPS) is 21.9. The third-order valence-electron chi connectivity index (χ3n) is 7.27. The lowest BCUT2D eigenvalue weighted by Crippen LogP contribution is -2.50. The quantitative estimate of drug-likeness (QED) is 0.510. The molecule has 1 aliphatic heterocycles. The molecule has 0 spiro atoms. The predicted octanol–water partition coefficient (Wildman–Crippen LogP) is 3.15. The zero-order chi connectivity index (χ0) is 24.5. The lowest BCUT2D eigenvalue weighted by Gasteiger charge is -2.34. The van der Waals surface area contributed by atoms with E-state index in [2.05, 4.69) is 25.7 Å². The van der Waals surface area contributed by atoms with Gasteiger partial charge in [0.25, 0.3) is 0 Å². The summed E-state index contributed by atoms with van der Waals surface area (Å²) in [6.45, 7) is 4.39. The number of likely N-dealkylation sites (tertiary alicyclic amines) is 1. The Labute approximate surface area is 203 Å². The Morgan fingerprint density at radius 1 is 1.17 bits per heavy atom. The zero-order valence-electron chi connectivity index (χ0n) is 19.8. The molecule has 0 unspecified atom stereocenters. The molecule has 2 amide bonds. The first-order valence-electron chi connectivity index (χ1n) is 12.1. The molecule has 2 aliphatic rings. The van der Waals surface area contributed by atoms with Gasteiger partial charge >= 0.3 is 0 Å². The number of amides is 2. The van der Waals surface area contributed by atoms with E-state index in [-0.39, 0.29) is 30.1 Å². The van der Waals surface area contributed by atoms with Gasteiger partial charge in [-0.05, 0) is 42.2 Å². The van der Waals surface area contributed by atoms with Crippen molar-refractivity contribution in [2.24, 2.45) is 11.8 Å². The Kier molecular flexibility index (Phi) is 6.32. The van der Waals surface area contributed by atoms with Crippen LogP contribution in [0.1, 0.15) is 61.2 Å². The van der Waals surface area contributed by atoms with Gasteiger partial charge in [0, 0.05) is 12.1 Å². The van der Waals surface area contributed by atoms with E-state index in [9.17, 15) is 14.0 Å². The number of aromatic amines is 1. The molecule has 1 saturated heterocycles. The molecule has 0 radical (unpaired) electrons. The molecule has 2 N–H and O–H groups in total. The fourth-order valence-electron chi connectivity index (χ4n) is 5.25. The monoisotopic (exact) mass is 476 g/mol. The summed E-state index contributed by atoms with van der Waals surface area (Å²) in [5, 5.41) is 13.4. The molecule has 3 heterocycles. The molecule has 9 heteroatoms. The highest BCUT2D eigenvalue weighted by atomic mass is 19.1. The van der Waals surface area contributed by atoms with Crippen LogP contribution in [0.25, 0.3) is 0 Å². The number of rotatable bonds is 7. The number of halogens is 1. The van der Waals surface area contributed by atoms with E-state index in [4.69, 9.17) is 0 Å². The molecule has 2 aromatic heterocycles. The molecule has 1 saturated carbocycles. The molecule has 4 atom stereocenters. The average molecular weight is 477 g/mol. The van der Waals surface area contributed by atoms with Crippen LogP contribution in [-0.2, 0) is 16.0 Å². The van der Waals surface area contributed by atoms with Crippen LogP contribution in [0.5, 0.6) is 0 Å². The summed E-state index contributed by atoms with van der Waals surface area (Å²) >= 11 is 0. The summed E-state index contributed by atoms with van der Waals surface area (Å²) in [6, 6.07) is 11.7. The summed E-state index contributed by atoms with van der Waals surface area (Å²) in [5.74, 6) is -0.467. The molecule has 3 aromatic rings. The lowest BCUT2D eigenvalue weighted by molar-refractivity contribution is -0.139. The zero-order valence-corrected chi connectivity index (χ0v) is 19.8. The van der Waals surface area contributed by atoms with E-state index in [0.29, 0.717) is 29.4 Å². The highest BCUT2D eigenvalue weighted by molar-refractivity contribution is 5.90. The average Bonchev–Trinajstić information content (AvgIpc) is 3.43.